The van der Waals surface area contributed by atoms with E-state index >= 15 is 0 Å². The molecular formula is C7H4BrN3O2S. The van der Waals surface area contributed by atoms with Crippen LogP contribution in [0.25, 0.3) is 11.4 Å². The van der Waals surface area contributed by atoms with Crippen LogP contribution >= 0.6 is 27.3 Å². The van der Waals surface area contributed by atoms with Crippen LogP contribution in [-0.4, -0.2) is 26.3 Å². The van der Waals surface area contributed by atoms with Gasteiger partial charge in [0.15, 0.2) is 3.92 Å². The molecule has 0 amide bonds. The monoisotopic (exact) mass is 273 g/mol. The molecule has 0 atom stereocenters. The molecular weight excluding hydrogens is 270 g/mol. The summed E-state index contributed by atoms with van der Waals surface area (Å²) >= 11 is 4.59. The highest BCUT2D eigenvalue weighted by atomic mass is 79.9. The van der Waals surface area contributed by atoms with Crippen molar-refractivity contribution in [2.75, 3.05) is 0 Å². The van der Waals surface area contributed by atoms with Crippen LogP contribution in [0.4, 0.5) is 0 Å². The number of aromatic carboxylic acids is 1. The summed E-state index contributed by atoms with van der Waals surface area (Å²) in [5.41, 5.74) is 1.14. The van der Waals surface area contributed by atoms with E-state index in [4.69, 9.17) is 5.11 Å². The fourth-order valence-corrected chi connectivity index (χ4v) is 2.01. The maximum Gasteiger partial charge on any atom is 0.339 e. The van der Waals surface area contributed by atoms with E-state index in [-0.39, 0.29) is 5.56 Å². The van der Waals surface area contributed by atoms with Crippen LogP contribution in [0.3, 0.4) is 0 Å². The first-order valence-corrected chi connectivity index (χ1v) is 5.24. The van der Waals surface area contributed by atoms with Gasteiger partial charge in [-0.2, -0.15) is 5.10 Å². The minimum Gasteiger partial charge on any atom is -0.478 e. The standard InChI is InChI=1S/C7H4BrN3O2S/c8-7-10-4(2-14-7)5-3(6(12)13)1-9-11-5/h1-2H,(H,9,11)(H,12,13). The first-order chi connectivity index (χ1) is 6.68. The van der Waals surface area contributed by atoms with Crippen molar-refractivity contribution in [2.45, 2.75) is 0 Å². The maximum atomic E-state index is 10.8. The van der Waals surface area contributed by atoms with Crippen LogP contribution in [-0.2, 0) is 0 Å². The summed E-state index contributed by atoms with van der Waals surface area (Å²) in [6, 6.07) is 0. The van der Waals surface area contributed by atoms with E-state index < -0.39 is 5.97 Å². The van der Waals surface area contributed by atoms with Crippen molar-refractivity contribution < 1.29 is 9.90 Å². The van der Waals surface area contributed by atoms with Gasteiger partial charge in [0.2, 0.25) is 0 Å². The summed E-state index contributed by atoms with van der Waals surface area (Å²) in [5.74, 6) is -1.02. The first-order valence-electron chi connectivity index (χ1n) is 3.56. The number of H-pyrrole nitrogens is 1. The van der Waals surface area contributed by atoms with Gasteiger partial charge in [-0.25, -0.2) is 9.78 Å². The molecule has 2 rings (SSSR count). The number of hydrogen-bond acceptors (Lipinski definition) is 4. The lowest BCUT2D eigenvalue weighted by atomic mass is 10.2. The molecule has 0 unspecified atom stereocenters. The first kappa shape index (κ1) is 9.35. The Hall–Kier alpha value is -1.21. The number of rotatable bonds is 2. The molecule has 0 saturated heterocycles. The topological polar surface area (TPSA) is 78.9 Å². The second kappa shape index (κ2) is 3.50. The Bertz CT molecular complexity index is 479. The minimum atomic E-state index is -1.02. The van der Waals surface area contributed by atoms with E-state index in [2.05, 4.69) is 31.1 Å². The molecule has 0 fully saturated rings. The molecule has 2 heterocycles. The van der Waals surface area contributed by atoms with Crippen LogP contribution in [0.1, 0.15) is 10.4 Å². The predicted octanol–water partition coefficient (Wildman–Crippen LogP) is 1.99. The van der Waals surface area contributed by atoms with E-state index in [9.17, 15) is 4.79 Å². The number of aromatic amines is 1. The average molecular weight is 274 g/mol. The summed E-state index contributed by atoms with van der Waals surface area (Å²) in [4.78, 5) is 14.9. The van der Waals surface area contributed by atoms with Crippen LogP contribution in [0.5, 0.6) is 0 Å². The van der Waals surface area contributed by atoms with Gasteiger partial charge in [0.1, 0.15) is 11.3 Å². The molecule has 14 heavy (non-hydrogen) atoms. The lowest BCUT2D eigenvalue weighted by molar-refractivity contribution is 0.0698. The van der Waals surface area contributed by atoms with Gasteiger partial charge in [0.25, 0.3) is 0 Å². The number of halogens is 1. The molecule has 2 aromatic heterocycles. The number of aromatic nitrogens is 3. The van der Waals surface area contributed by atoms with Crippen molar-refractivity contribution in [3.05, 3.63) is 21.1 Å². The Morgan fingerprint density at radius 1 is 1.64 bits per heavy atom. The van der Waals surface area contributed by atoms with Crippen LogP contribution in [0.2, 0.25) is 0 Å². The number of nitrogens with one attached hydrogen (secondary N) is 1. The molecule has 2 N–H and O–H groups in total. The van der Waals surface area contributed by atoms with Crippen molar-refractivity contribution in [3.63, 3.8) is 0 Å². The molecule has 0 aliphatic rings. The Balaban J connectivity index is 2.51. The SMILES string of the molecule is O=C(O)c1cn[nH]c1-c1csc(Br)n1. The molecule has 0 bridgehead atoms. The number of hydrogen-bond donors (Lipinski definition) is 2. The second-order valence-electron chi connectivity index (χ2n) is 2.45. The highest BCUT2D eigenvalue weighted by molar-refractivity contribution is 9.11. The largest absolute Gasteiger partial charge is 0.478 e. The van der Waals surface area contributed by atoms with E-state index in [1.807, 2.05) is 0 Å². The molecule has 7 heteroatoms. The zero-order chi connectivity index (χ0) is 10.1. The zero-order valence-corrected chi connectivity index (χ0v) is 9.09. The number of thiazole rings is 1. The van der Waals surface area contributed by atoms with Gasteiger partial charge >= 0.3 is 5.97 Å². The van der Waals surface area contributed by atoms with Gasteiger partial charge in [-0.15, -0.1) is 11.3 Å². The Labute approximate surface area is 90.9 Å². The van der Waals surface area contributed by atoms with Crippen molar-refractivity contribution in [2.24, 2.45) is 0 Å². The molecule has 0 radical (unpaired) electrons. The van der Waals surface area contributed by atoms with E-state index in [1.54, 1.807) is 5.38 Å². The van der Waals surface area contributed by atoms with Gasteiger partial charge in [-0.3, -0.25) is 5.10 Å². The highest BCUT2D eigenvalue weighted by Gasteiger charge is 2.15. The van der Waals surface area contributed by atoms with Crippen LogP contribution in [0, 0.1) is 0 Å². The van der Waals surface area contributed by atoms with E-state index in [0.29, 0.717) is 15.3 Å². The lowest BCUT2D eigenvalue weighted by Gasteiger charge is -1.92. The molecule has 72 valence electrons. The Morgan fingerprint density at radius 3 is 3.00 bits per heavy atom. The molecule has 0 spiro atoms. The Kier molecular flexibility index (Phi) is 2.34. The molecule has 2 aromatic rings. The molecule has 0 aliphatic heterocycles. The molecule has 0 saturated carbocycles. The van der Waals surface area contributed by atoms with Crippen LogP contribution < -0.4 is 0 Å². The molecule has 0 aliphatic carbocycles. The molecule has 5 nitrogen and oxygen atoms in total. The van der Waals surface area contributed by atoms with E-state index in [1.165, 1.54) is 17.5 Å². The summed E-state index contributed by atoms with van der Waals surface area (Å²) in [6.45, 7) is 0. The average Bonchev–Trinajstić information content (AvgIpc) is 2.70. The summed E-state index contributed by atoms with van der Waals surface area (Å²) < 4.78 is 0.707. The zero-order valence-electron chi connectivity index (χ0n) is 6.69. The quantitative estimate of drug-likeness (QED) is 0.877. The van der Waals surface area contributed by atoms with Gasteiger partial charge in [-0.1, -0.05) is 0 Å². The summed E-state index contributed by atoms with van der Waals surface area (Å²) in [5, 5.41) is 16.9. The fraction of sp³-hybridized carbons (Fsp3) is 0. The lowest BCUT2D eigenvalue weighted by Crippen LogP contribution is -1.96. The van der Waals surface area contributed by atoms with Crippen molar-refractivity contribution in [1.82, 2.24) is 15.2 Å². The van der Waals surface area contributed by atoms with Gasteiger partial charge < -0.3 is 5.11 Å². The third kappa shape index (κ3) is 1.55. The van der Waals surface area contributed by atoms with Crippen molar-refractivity contribution in [1.29, 1.82) is 0 Å². The predicted molar refractivity (Wildman–Crippen MR) is 54.4 cm³/mol. The maximum absolute atomic E-state index is 10.8. The fourth-order valence-electron chi connectivity index (χ4n) is 1.01. The van der Waals surface area contributed by atoms with Gasteiger partial charge in [0.05, 0.1) is 11.9 Å². The second-order valence-corrected chi connectivity index (χ2v) is 4.58. The number of carbonyl (C=O) groups is 1. The third-order valence-corrected chi connectivity index (χ3v) is 2.97. The smallest absolute Gasteiger partial charge is 0.339 e. The molecule has 0 aromatic carbocycles. The van der Waals surface area contributed by atoms with Crippen molar-refractivity contribution >= 4 is 33.2 Å². The summed E-state index contributed by atoms with van der Waals surface area (Å²) in [7, 11) is 0. The highest BCUT2D eigenvalue weighted by Crippen LogP contribution is 2.25. The van der Waals surface area contributed by atoms with Crippen molar-refractivity contribution in [3.8, 4) is 11.4 Å². The van der Waals surface area contributed by atoms with Gasteiger partial charge in [0, 0.05) is 5.38 Å². The number of carboxylic acid groups (broad SMARTS) is 1. The minimum absolute atomic E-state index is 0.128. The van der Waals surface area contributed by atoms with E-state index in [0.717, 1.165) is 0 Å². The Morgan fingerprint density at radius 2 is 2.43 bits per heavy atom. The summed E-state index contributed by atoms with van der Waals surface area (Å²) in [6.07, 6.45) is 1.27. The van der Waals surface area contributed by atoms with Crippen LogP contribution in [0.15, 0.2) is 15.5 Å². The number of nitrogens with zero attached hydrogens (tertiary/aromatic N) is 2. The third-order valence-electron chi connectivity index (χ3n) is 1.60. The normalized spacial score (nSPS) is 10.4. The van der Waals surface area contributed by atoms with Gasteiger partial charge in [-0.05, 0) is 15.9 Å². The number of carboxylic acids is 1.